The van der Waals surface area contributed by atoms with Crippen LogP contribution in [-0.2, 0) is 14.3 Å². The lowest BCUT2D eigenvalue weighted by Gasteiger charge is -2.06. The van der Waals surface area contributed by atoms with Crippen LogP contribution in [0.5, 0.6) is 0 Å². The van der Waals surface area contributed by atoms with Crippen molar-refractivity contribution in [3.05, 3.63) is 23.4 Å². The Morgan fingerprint density at radius 3 is 2.61 bits per heavy atom. The topological polar surface area (TPSA) is 68.3 Å². The summed E-state index contributed by atoms with van der Waals surface area (Å²) < 4.78 is 4.75. The van der Waals surface area contributed by atoms with Crippen LogP contribution in [0.4, 0.5) is 5.82 Å². The first kappa shape index (κ1) is 14.2. The first-order valence-corrected chi connectivity index (χ1v) is 5.92. The van der Waals surface area contributed by atoms with Crippen molar-refractivity contribution in [2.24, 2.45) is 0 Å². The molecule has 0 aliphatic heterocycles. The highest BCUT2D eigenvalue weighted by Crippen LogP contribution is 2.09. The highest BCUT2D eigenvalue weighted by molar-refractivity contribution is 5.91. The Bertz CT molecular complexity index is 424. The maximum atomic E-state index is 11.6. The number of aryl methyl sites for hydroxylation is 2. The maximum Gasteiger partial charge on any atom is 0.306 e. The molecule has 5 heteroatoms. The summed E-state index contributed by atoms with van der Waals surface area (Å²) in [6.45, 7) is 5.86. The van der Waals surface area contributed by atoms with Crippen molar-refractivity contribution in [2.45, 2.75) is 33.6 Å². The zero-order valence-corrected chi connectivity index (χ0v) is 10.9. The van der Waals surface area contributed by atoms with E-state index in [0.717, 1.165) is 11.3 Å². The summed E-state index contributed by atoms with van der Waals surface area (Å²) in [5.74, 6) is -0.0806. The van der Waals surface area contributed by atoms with Gasteiger partial charge in [-0.15, -0.1) is 0 Å². The number of rotatable bonds is 5. The average molecular weight is 250 g/mol. The number of anilines is 1. The summed E-state index contributed by atoms with van der Waals surface area (Å²) >= 11 is 0. The predicted octanol–water partition coefficient (Wildman–Crippen LogP) is 1.98. The molecule has 0 saturated carbocycles. The van der Waals surface area contributed by atoms with Gasteiger partial charge < -0.3 is 10.1 Å². The lowest BCUT2D eigenvalue weighted by molar-refractivity contribution is -0.144. The number of esters is 1. The fourth-order valence-electron chi connectivity index (χ4n) is 1.56. The summed E-state index contributed by atoms with van der Waals surface area (Å²) in [6, 6.07) is 3.71. The minimum atomic E-state index is -0.360. The predicted molar refractivity (Wildman–Crippen MR) is 68.2 cm³/mol. The number of nitrogens with one attached hydrogen (secondary N) is 1. The standard InChI is InChI=1S/C13H18N2O3/c1-4-18-13(17)6-5-12(16)15-11-8-9(2)7-10(3)14-11/h7-8H,4-6H2,1-3H3,(H,14,15,16). The van der Waals surface area contributed by atoms with Crippen molar-refractivity contribution in [2.75, 3.05) is 11.9 Å². The van der Waals surface area contributed by atoms with Crippen LogP contribution >= 0.6 is 0 Å². The van der Waals surface area contributed by atoms with Gasteiger partial charge in [-0.25, -0.2) is 4.98 Å². The lowest BCUT2D eigenvalue weighted by atomic mass is 10.2. The molecule has 1 rings (SSSR count). The Labute approximate surface area is 107 Å². The van der Waals surface area contributed by atoms with E-state index in [2.05, 4.69) is 10.3 Å². The van der Waals surface area contributed by atoms with Gasteiger partial charge in [0.1, 0.15) is 5.82 Å². The summed E-state index contributed by atoms with van der Waals surface area (Å²) in [6.07, 6.45) is 0.192. The van der Waals surface area contributed by atoms with Gasteiger partial charge >= 0.3 is 5.97 Å². The van der Waals surface area contributed by atoms with E-state index in [0.29, 0.717) is 12.4 Å². The molecule has 1 heterocycles. The van der Waals surface area contributed by atoms with Crippen LogP contribution in [0.3, 0.4) is 0 Å². The molecule has 0 bridgehead atoms. The van der Waals surface area contributed by atoms with Gasteiger partial charge in [0.15, 0.2) is 0 Å². The van der Waals surface area contributed by atoms with Gasteiger partial charge in [-0.05, 0) is 38.5 Å². The van der Waals surface area contributed by atoms with E-state index in [1.165, 1.54) is 0 Å². The van der Waals surface area contributed by atoms with Gasteiger partial charge in [-0.2, -0.15) is 0 Å². The van der Waals surface area contributed by atoms with Gasteiger partial charge in [-0.1, -0.05) is 0 Å². The van der Waals surface area contributed by atoms with Crippen molar-refractivity contribution in [3.8, 4) is 0 Å². The molecule has 0 aromatic carbocycles. The minimum absolute atomic E-state index is 0.0878. The van der Waals surface area contributed by atoms with Crippen LogP contribution in [0.1, 0.15) is 31.0 Å². The second-order valence-electron chi connectivity index (χ2n) is 4.02. The lowest BCUT2D eigenvalue weighted by Crippen LogP contribution is -2.15. The number of aromatic nitrogens is 1. The number of pyridine rings is 1. The van der Waals surface area contributed by atoms with E-state index in [4.69, 9.17) is 4.74 Å². The van der Waals surface area contributed by atoms with E-state index < -0.39 is 0 Å². The van der Waals surface area contributed by atoms with E-state index in [1.54, 1.807) is 13.0 Å². The third-order valence-electron chi connectivity index (χ3n) is 2.23. The second-order valence-corrected chi connectivity index (χ2v) is 4.02. The molecule has 0 saturated heterocycles. The largest absolute Gasteiger partial charge is 0.466 e. The van der Waals surface area contributed by atoms with E-state index in [9.17, 15) is 9.59 Å². The molecule has 18 heavy (non-hydrogen) atoms. The Kier molecular flexibility index (Phi) is 5.30. The molecular weight excluding hydrogens is 232 g/mol. The third-order valence-corrected chi connectivity index (χ3v) is 2.23. The van der Waals surface area contributed by atoms with E-state index in [1.807, 2.05) is 19.9 Å². The summed E-state index contributed by atoms with van der Waals surface area (Å²) in [5.41, 5.74) is 1.87. The molecule has 1 aromatic rings. The van der Waals surface area contributed by atoms with Crippen LogP contribution in [0.25, 0.3) is 0 Å². The Balaban J connectivity index is 2.47. The number of carbonyl (C=O) groups excluding carboxylic acids is 2. The van der Waals surface area contributed by atoms with E-state index in [-0.39, 0.29) is 24.7 Å². The fourth-order valence-corrected chi connectivity index (χ4v) is 1.56. The van der Waals surface area contributed by atoms with Gasteiger partial charge in [0, 0.05) is 12.1 Å². The van der Waals surface area contributed by atoms with E-state index >= 15 is 0 Å². The quantitative estimate of drug-likeness (QED) is 0.811. The van der Waals surface area contributed by atoms with Crippen LogP contribution < -0.4 is 5.32 Å². The van der Waals surface area contributed by atoms with Crippen LogP contribution in [0, 0.1) is 13.8 Å². The SMILES string of the molecule is CCOC(=O)CCC(=O)Nc1cc(C)cc(C)n1. The average Bonchev–Trinajstić information content (AvgIpc) is 2.25. The normalized spacial score (nSPS) is 9.94. The molecule has 0 aliphatic rings. The summed E-state index contributed by atoms with van der Waals surface area (Å²) in [7, 11) is 0. The van der Waals surface area contributed by atoms with Crippen LogP contribution in [0.2, 0.25) is 0 Å². The van der Waals surface area contributed by atoms with Gasteiger partial charge in [0.25, 0.3) is 0 Å². The number of nitrogens with zero attached hydrogens (tertiary/aromatic N) is 1. The molecule has 0 radical (unpaired) electrons. The molecule has 1 N–H and O–H groups in total. The molecule has 0 atom stereocenters. The van der Waals surface area contributed by atoms with Crippen molar-refractivity contribution >= 4 is 17.7 Å². The number of hydrogen-bond donors (Lipinski definition) is 1. The summed E-state index contributed by atoms with van der Waals surface area (Å²) in [4.78, 5) is 26.9. The second kappa shape index (κ2) is 6.74. The molecule has 5 nitrogen and oxygen atoms in total. The van der Waals surface area contributed by atoms with Gasteiger partial charge in [0.05, 0.1) is 13.0 Å². The fraction of sp³-hybridized carbons (Fsp3) is 0.462. The van der Waals surface area contributed by atoms with Crippen molar-refractivity contribution in [1.29, 1.82) is 0 Å². The number of amides is 1. The Hall–Kier alpha value is -1.91. The monoisotopic (exact) mass is 250 g/mol. The number of ether oxygens (including phenoxy) is 1. The molecule has 1 amide bonds. The molecule has 1 aromatic heterocycles. The molecule has 0 aliphatic carbocycles. The number of hydrogen-bond acceptors (Lipinski definition) is 4. The first-order valence-electron chi connectivity index (χ1n) is 5.92. The van der Waals surface area contributed by atoms with Crippen molar-refractivity contribution in [3.63, 3.8) is 0 Å². The Morgan fingerprint density at radius 2 is 2.00 bits per heavy atom. The minimum Gasteiger partial charge on any atom is -0.466 e. The zero-order chi connectivity index (χ0) is 13.5. The summed E-state index contributed by atoms with van der Waals surface area (Å²) in [5, 5.41) is 2.66. The highest BCUT2D eigenvalue weighted by Gasteiger charge is 2.08. The van der Waals surface area contributed by atoms with Crippen LogP contribution in [-0.4, -0.2) is 23.5 Å². The molecule has 0 spiro atoms. The maximum absolute atomic E-state index is 11.6. The smallest absolute Gasteiger partial charge is 0.306 e. The molecule has 98 valence electrons. The van der Waals surface area contributed by atoms with Gasteiger partial charge in [0.2, 0.25) is 5.91 Å². The molecule has 0 unspecified atom stereocenters. The van der Waals surface area contributed by atoms with Gasteiger partial charge in [-0.3, -0.25) is 9.59 Å². The highest BCUT2D eigenvalue weighted by atomic mass is 16.5. The van der Waals surface area contributed by atoms with Crippen molar-refractivity contribution < 1.29 is 14.3 Å². The Morgan fingerprint density at radius 1 is 1.28 bits per heavy atom. The third kappa shape index (κ3) is 4.95. The molecular formula is C13H18N2O3. The van der Waals surface area contributed by atoms with Crippen LogP contribution in [0.15, 0.2) is 12.1 Å². The first-order chi connectivity index (χ1) is 8.51. The van der Waals surface area contributed by atoms with Crippen molar-refractivity contribution in [1.82, 2.24) is 4.98 Å². The zero-order valence-electron chi connectivity index (χ0n) is 10.9. The molecule has 0 fully saturated rings. The number of carbonyl (C=O) groups is 2.